The first-order chi connectivity index (χ1) is 23.1. The van der Waals surface area contributed by atoms with Crippen molar-refractivity contribution in [1.29, 1.82) is 0 Å². The first kappa shape index (κ1) is 27.7. The summed E-state index contributed by atoms with van der Waals surface area (Å²) in [5.74, 6) is 0. The molecule has 0 saturated carbocycles. The van der Waals surface area contributed by atoms with E-state index in [9.17, 15) is 0 Å². The van der Waals surface area contributed by atoms with Gasteiger partial charge in [-0.1, -0.05) is 129 Å². The average molecular weight is 605 g/mol. The molecule has 1 unspecified atom stereocenters. The summed E-state index contributed by atoms with van der Waals surface area (Å²) >= 11 is 0. The lowest BCUT2D eigenvalue weighted by molar-refractivity contribution is 0.660. The summed E-state index contributed by atoms with van der Waals surface area (Å²) in [6.45, 7) is 4.71. The van der Waals surface area contributed by atoms with Crippen molar-refractivity contribution in [1.82, 2.24) is 0 Å². The summed E-state index contributed by atoms with van der Waals surface area (Å²) in [5.41, 5.74) is 16.5. The van der Waals surface area contributed by atoms with Crippen LogP contribution in [-0.2, 0) is 5.41 Å². The Balaban J connectivity index is 1.17. The van der Waals surface area contributed by atoms with Crippen molar-refractivity contribution in [2.75, 3.05) is 9.80 Å². The van der Waals surface area contributed by atoms with E-state index in [0.717, 1.165) is 17.8 Å². The highest BCUT2D eigenvalue weighted by atomic mass is 15.2. The summed E-state index contributed by atoms with van der Waals surface area (Å²) in [7, 11) is 0. The minimum Gasteiger partial charge on any atom is -0.333 e. The van der Waals surface area contributed by atoms with Crippen LogP contribution in [-0.4, -0.2) is 6.04 Å². The van der Waals surface area contributed by atoms with E-state index >= 15 is 0 Å². The Hall–Kier alpha value is -5.60. The van der Waals surface area contributed by atoms with E-state index < -0.39 is 0 Å². The molecule has 0 bridgehead atoms. The molecule has 1 aliphatic heterocycles. The molecular weight excluding hydrogens is 569 g/mol. The lowest BCUT2D eigenvalue weighted by atomic mass is 9.82. The fourth-order valence-electron chi connectivity index (χ4n) is 8.02. The zero-order valence-corrected chi connectivity index (χ0v) is 26.8. The summed E-state index contributed by atoms with van der Waals surface area (Å²) in [4.78, 5) is 4.97. The topological polar surface area (TPSA) is 6.48 Å². The number of hydrogen-bond donors (Lipinski definition) is 0. The van der Waals surface area contributed by atoms with Crippen molar-refractivity contribution in [3.63, 3.8) is 0 Å². The first-order valence-corrected chi connectivity index (χ1v) is 16.6. The molecule has 0 saturated heterocycles. The molecule has 0 amide bonds. The number of nitrogens with zero attached hydrogens (tertiary/aromatic N) is 2. The molecule has 6 aromatic rings. The standard InChI is InChI=1S/C45H36N2/c1-45(2)41-19-11-9-17-37(41)38-27-25-35(29-42(38)45)46(33-15-7-4-8-16-33)36-26-28-40-39-18-10-12-20-43(39)47(44(40)30-36)34-23-21-32(22-24-34)31-13-5-3-6-14-31/h3-19,21-30,43H,20H2,1-2H3. The quantitative estimate of drug-likeness (QED) is 0.193. The van der Waals surface area contributed by atoms with Crippen molar-refractivity contribution in [2.24, 2.45) is 0 Å². The van der Waals surface area contributed by atoms with Crippen LogP contribution >= 0.6 is 0 Å². The van der Waals surface area contributed by atoms with Crippen LogP contribution in [0.15, 0.2) is 164 Å². The fourth-order valence-corrected chi connectivity index (χ4v) is 8.02. The van der Waals surface area contributed by atoms with Crippen LogP contribution in [0.25, 0.3) is 27.8 Å². The molecule has 0 aromatic heterocycles. The van der Waals surface area contributed by atoms with E-state index in [1.165, 1.54) is 61.6 Å². The van der Waals surface area contributed by atoms with E-state index in [0.29, 0.717) is 0 Å². The third kappa shape index (κ3) is 4.40. The third-order valence-corrected chi connectivity index (χ3v) is 10.3. The van der Waals surface area contributed by atoms with Gasteiger partial charge in [0.15, 0.2) is 0 Å². The summed E-state index contributed by atoms with van der Waals surface area (Å²) in [5, 5.41) is 0. The maximum atomic E-state index is 2.55. The molecule has 0 radical (unpaired) electrons. The molecule has 47 heavy (non-hydrogen) atoms. The highest BCUT2D eigenvalue weighted by Gasteiger charge is 2.37. The van der Waals surface area contributed by atoms with E-state index in [2.05, 4.69) is 187 Å². The van der Waals surface area contributed by atoms with Crippen LogP contribution in [0.3, 0.4) is 0 Å². The van der Waals surface area contributed by atoms with Crippen LogP contribution in [0.2, 0.25) is 0 Å². The maximum Gasteiger partial charge on any atom is 0.0632 e. The predicted molar refractivity (Wildman–Crippen MR) is 198 cm³/mol. The van der Waals surface area contributed by atoms with E-state index in [1.54, 1.807) is 0 Å². The predicted octanol–water partition coefficient (Wildman–Crippen LogP) is 12.0. The second-order valence-corrected chi connectivity index (χ2v) is 13.4. The van der Waals surface area contributed by atoms with Gasteiger partial charge in [-0.3, -0.25) is 0 Å². The SMILES string of the molecule is CC1(C)c2ccccc2-c2ccc(N(c3ccccc3)c3ccc4c(c3)N(c3ccc(-c5ccccc5)cc3)C3CC=CC=C43)cc21. The number of benzene rings is 6. The average Bonchev–Trinajstić information content (AvgIpc) is 3.57. The number of rotatable bonds is 5. The minimum absolute atomic E-state index is 0.0693. The van der Waals surface area contributed by atoms with Gasteiger partial charge >= 0.3 is 0 Å². The zero-order valence-electron chi connectivity index (χ0n) is 26.8. The van der Waals surface area contributed by atoms with Gasteiger partial charge in [-0.25, -0.2) is 0 Å². The van der Waals surface area contributed by atoms with Crippen LogP contribution < -0.4 is 9.80 Å². The molecule has 2 heteroatoms. The maximum absolute atomic E-state index is 2.55. The number of fused-ring (bicyclic) bond motifs is 6. The van der Waals surface area contributed by atoms with Crippen molar-refractivity contribution in [3.8, 4) is 22.3 Å². The van der Waals surface area contributed by atoms with E-state index in [4.69, 9.17) is 0 Å². The molecule has 1 heterocycles. The highest BCUT2D eigenvalue weighted by Crippen LogP contribution is 2.52. The minimum atomic E-state index is -0.0693. The number of allylic oxidation sites excluding steroid dienone is 2. The van der Waals surface area contributed by atoms with Gasteiger partial charge in [0.1, 0.15) is 0 Å². The second-order valence-electron chi connectivity index (χ2n) is 13.4. The number of anilines is 5. The van der Waals surface area contributed by atoms with Gasteiger partial charge < -0.3 is 9.80 Å². The molecule has 2 nitrogen and oxygen atoms in total. The van der Waals surface area contributed by atoms with Gasteiger partial charge in [-0.15, -0.1) is 0 Å². The molecule has 1 atom stereocenters. The largest absolute Gasteiger partial charge is 0.333 e. The number of hydrogen-bond acceptors (Lipinski definition) is 2. The molecule has 0 N–H and O–H groups in total. The van der Waals surface area contributed by atoms with Gasteiger partial charge in [0.05, 0.1) is 11.7 Å². The Kier molecular flexibility index (Phi) is 6.33. The van der Waals surface area contributed by atoms with Gasteiger partial charge in [0.2, 0.25) is 0 Å². The van der Waals surface area contributed by atoms with Crippen LogP contribution in [0.1, 0.15) is 37.0 Å². The molecule has 0 fully saturated rings. The molecule has 3 aliphatic rings. The van der Waals surface area contributed by atoms with E-state index in [1.807, 2.05) is 0 Å². The first-order valence-electron chi connectivity index (χ1n) is 16.6. The Morgan fingerprint density at radius 2 is 1.21 bits per heavy atom. The molecule has 226 valence electrons. The van der Waals surface area contributed by atoms with Gasteiger partial charge in [-0.2, -0.15) is 0 Å². The van der Waals surface area contributed by atoms with Crippen LogP contribution in [0.5, 0.6) is 0 Å². The molecular formula is C45H36N2. The van der Waals surface area contributed by atoms with E-state index in [-0.39, 0.29) is 11.5 Å². The summed E-state index contributed by atoms with van der Waals surface area (Å²) < 4.78 is 0. The Bertz CT molecular complexity index is 2190. The monoisotopic (exact) mass is 604 g/mol. The van der Waals surface area contributed by atoms with Crippen LogP contribution in [0.4, 0.5) is 28.4 Å². The highest BCUT2D eigenvalue weighted by molar-refractivity contribution is 5.96. The Labute approximate surface area is 277 Å². The lowest BCUT2D eigenvalue weighted by Gasteiger charge is -2.30. The fraction of sp³-hybridized carbons (Fsp3) is 0.111. The van der Waals surface area contributed by atoms with Gasteiger partial charge in [0.25, 0.3) is 0 Å². The lowest BCUT2D eigenvalue weighted by Crippen LogP contribution is -2.27. The summed E-state index contributed by atoms with van der Waals surface area (Å²) in [6, 6.07) is 53.7. The Morgan fingerprint density at radius 1 is 0.574 bits per heavy atom. The normalized spacial score (nSPS) is 16.6. The van der Waals surface area contributed by atoms with Crippen LogP contribution in [0, 0.1) is 0 Å². The number of para-hydroxylation sites is 1. The van der Waals surface area contributed by atoms with Crippen molar-refractivity contribution >= 4 is 34.0 Å². The Morgan fingerprint density at radius 3 is 2.00 bits per heavy atom. The zero-order chi connectivity index (χ0) is 31.5. The molecule has 9 rings (SSSR count). The van der Waals surface area contributed by atoms with Crippen molar-refractivity contribution in [3.05, 3.63) is 181 Å². The van der Waals surface area contributed by atoms with Gasteiger partial charge in [-0.05, 0) is 93.9 Å². The van der Waals surface area contributed by atoms with Crippen molar-refractivity contribution in [2.45, 2.75) is 31.7 Å². The molecule has 6 aromatic carbocycles. The molecule has 2 aliphatic carbocycles. The smallest absolute Gasteiger partial charge is 0.0632 e. The van der Waals surface area contributed by atoms with Crippen molar-refractivity contribution < 1.29 is 0 Å². The van der Waals surface area contributed by atoms with Gasteiger partial charge in [0, 0.05) is 33.7 Å². The second kappa shape index (κ2) is 10.7. The summed E-state index contributed by atoms with van der Waals surface area (Å²) in [6.07, 6.45) is 7.80. The third-order valence-electron chi connectivity index (χ3n) is 10.3. The molecule has 0 spiro atoms.